The minimum Gasteiger partial charge on any atom is -0.292 e. The first-order valence-corrected chi connectivity index (χ1v) is 9.89. The molecule has 0 bridgehead atoms. The number of thiazole rings is 1. The Bertz CT molecular complexity index is 912. The van der Waals surface area contributed by atoms with Gasteiger partial charge in [0.05, 0.1) is 16.3 Å². The number of rotatable bonds is 4. The first-order chi connectivity index (χ1) is 11.8. The van der Waals surface area contributed by atoms with Crippen LogP contribution in [0.4, 0.5) is 4.79 Å². The summed E-state index contributed by atoms with van der Waals surface area (Å²) in [5.74, 6) is -0.865. The maximum absolute atomic E-state index is 12.4. The lowest BCUT2D eigenvalue weighted by molar-refractivity contribution is -0.122. The molecule has 10 heteroatoms. The molecule has 1 aromatic carbocycles. The van der Waals surface area contributed by atoms with Crippen molar-refractivity contribution in [2.45, 2.75) is 0 Å². The van der Waals surface area contributed by atoms with Gasteiger partial charge >= 0.3 is 0 Å². The zero-order valence-corrected chi connectivity index (χ0v) is 16.9. The number of amides is 2. The van der Waals surface area contributed by atoms with Crippen LogP contribution in [0, 0.1) is 0 Å². The van der Waals surface area contributed by atoms with Crippen molar-refractivity contribution >= 4 is 85.2 Å². The number of Topliss-reactive ketones (excluding diaryl/α,β-unsaturated/α-hetero) is 1. The minimum absolute atomic E-state index is 0.160. The van der Waals surface area contributed by atoms with Crippen molar-refractivity contribution in [3.8, 4) is 0 Å². The van der Waals surface area contributed by atoms with E-state index in [1.165, 1.54) is 6.08 Å². The molecule has 1 aromatic heterocycles. The van der Waals surface area contributed by atoms with Gasteiger partial charge in [-0.1, -0.05) is 51.3 Å². The predicted molar refractivity (Wildman–Crippen MR) is 103 cm³/mol. The maximum atomic E-state index is 12.4. The van der Waals surface area contributed by atoms with Crippen LogP contribution in [0.25, 0.3) is 6.08 Å². The highest BCUT2D eigenvalue weighted by Crippen LogP contribution is 2.36. The fraction of sp³-hybridized carbons (Fsp3) is 0.0667. The largest absolute Gasteiger partial charge is 0.293 e. The van der Waals surface area contributed by atoms with Crippen molar-refractivity contribution in [2.75, 3.05) is 6.54 Å². The molecule has 1 aliphatic heterocycles. The minimum atomic E-state index is -0.541. The molecule has 0 N–H and O–H groups in total. The Kier molecular flexibility index (Phi) is 5.65. The van der Waals surface area contributed by atoms with E-state index in [1.807, 2.05) is 0 Å². The molecule has 0 aliphatic carbocycles. The third-order valence-electron chi connectivity index (χ3n) is 3.19. The van der Waals surface area contributed by atoms with Gasteiger partial charge in [0.1, 0.15) is 5.15 Å². The number of hydrogen-bond acceptors (Lipinski definition) is 6. The molecule has 0 saturated carbocycles. The Morgan fingerprint density at radius 3 is 2.52 bits per heavy atom. The number of aromatic nitrogens is 1. The number of hydrogen-bond donors (Lipinski definition) is 0. The molecule has 3 rings (SSSR count). The second-order valence-corrected chi connectivity index (χ2v) is 8.70. The number of halogens is 3. The molecule has 128 valence electrons. The van der Waals surface area contributed by atoms with Gasteiger partial charge in [-0.15, -0.1) is 11.3 Å². The Balaban J connectivity index is 1.78. The van der Waals surface area contributed by atoms with E-state index in [-0.39, 0.29) is 26.9 Å². The molecular formula is C15H7BrCl2N2O3S2. The highest BCUT2D eigenvalue weighted by Gasteiger charge is 2.36. The third-order valence-corrected chi connectivity index (χ3v) is 6.13. The van der Waals surface area contributed by atoms with Gasteiger partial charge in [0, 0.05) is 10.0 Å². The lowest BCUT2D eigenvalue weighted by atomic mass is 10.1. The summed E-state index contributed by atoms with van der Waals surface area (Å²) in [7, 11) is 0. The Morgan fingerprint density at radius 2 is 1.92 bits per heavy atom. The topological polar surface area (TPSA) is 67.3 Å². The van der Waals surface area contributed by atoms with Gasteiger partial charge in [0.25, 0.3) is 11.1 Å². The van der Waals surface area contributed by atoms with E-state index in [0.29, 0.717) is 10.4 Å². The smallest absolute Gasteiger partial charge is 0.292 e. The maximum Gasteiger partial charge on any atom is 0.293 e. The summed E-state index contributed by atoms with van der Waals surface area (Å²) in [5.41, 5.74) is 0.420. The van der Waals surface area contributed by atoms with Crippen LogP contribution in [0.1, 0.15) is 15.2 Å². The molecule has 2 heterocycles. The van der Waals surface area contributed by atoms with Crippen LogP contribution in [0.2, 0.25) is 9.62 Å². The van der Waals surface area contributed by atoms with Gasteiger partial charge in [0.15, 0.2) is 10.3 Å². The molecule has 2 amide bonds. The number of carbonyl (C=O) groups is 3. The van der Waals surface area contributed by atoms with Crippen LogP contribution in [0.5, 0.6) is 0 Å². The number of thioether (sulfide) groups is 1. The van der Waals surface area contributed by atoms with Crippen LogP contribution in [0.15, 0.2) is 33.6 Å². The average molecular weight is 478 g/mol. The first-order valence-electron chi connectivity index (χ1n) is 6.71. The summed E-state index contributed by atoms with van der Waals surface area (Å²) < 4.78 is 1.07. The molecule has 25 heavy (non-hydrogen) atoms. The number of imide groups is 1. The zero-order valence-electron chi connectivity index (χ0n) is 12.2. The first kappa shape index (κ1) is 18.6. The normalized spacial score (nSPS) is 16.1. The highest BCUT2D eigenvalue weighted by molar-refractivity contribution is 9.10. The van der Waals surface area contributed by atoms with Crippen molar-refractivity contribution in [1.29, 1.82) is 0 Å². The van der Waals surface area contributed by atoms with E-state index < -0.39 is 11.1 Å². The lowest BCUT2D eigenvalue weighted by Gasteiger charge is -2.11. The van der Waals surface area contributed by atoms with E-state index in [1.54, 1.807) is 24.3 Å². The van der Waals surface area contributed by atoms with Crippen LogP contribution in [-0.4, -0.2) is 33.4 Å². The Morgan fingerprint density at radius 1 is 1.24 bits per heavy atom. The van der Waals surface area contributed by atoms with E-state index >= 15 is 0 Å². The monoisotopic (exact) mass is 476 g/mol. The van der Waals surface area contributed by atoms with E-state index in [9.17, 15) is 14.4 Å². The number of ketones is 1. The summed E-state index contributed by atoms with van der Waals surface area (Å²) in [5, 5.41) is -0.346. The molecule has 0 atom stereocenters. The zero-order chi connectivity index (χ0) is 18.1. The molecule has 0 unspecified atom stereocenters. The van der Waals surface area contributed by atoms with Crippen molar-refractivity contribution in [3.63, 3.8) is 0 Å². The molecule has 1 aliphatic rings. The molecule has 0 radical (unpaired) electrons. The summed E-state index contributed by atoms with van der Waals surface area (Å²) >= 11 is 16.8. The van der Waals surface area contributed by atoms with Crippen LogP contribution in [0.3, 0.4) is 0 Å². The molecule has 5 nitrogen and oxygen atoms in total. The van der Waals surface area contributed by atoms with E-state index in [4.69, 9.17) is 23.2 Å². The lowest BCUT2D eigenvalue weighted by Crippen LogP contribution is -2.33. The summed E-state index contributed by atoms with van der Waals surface area (Å²) in [6.07, 6.45) is 1.46. The summed E-state index contributed by atoms with van der Waals surface area (Å²) in [6, 6.07) is 6.69. The fourth-order valence-electron chi connectivity index (χ4n) is 2.00. The van der Waals surface area contributed by atoms with Gasteiger partial charge in [-0.2, -0.15) is 0 Å². The quantitative estimate of drug-likeness (QED) is 0.451. The Hall–Kier alpha value is -1.19. The van der Waals surface area contributed by atoms with Gasteiger partial charge in [0.2, 0.25) is 0 Å². The van der Waals surface area contributed by atoms with Crippen LogP contribution < -0.4 is 0 Å². The highest BCUT2D eigenvalue weighted by atomic mass is 79.9. The van der Waals surface area contributed by atoms with Gasteiger partial charge in [-0.3, -0.25) is 19.3 Å². The van der Waals surface area contributed by atoms with Crippen molar-refractivity contribution < 1.29 is 14.4 Å². The van der Waals surface area contributed by atoms with E-state index in [0.717, 1.165) is 32.5 Å². The number of nitrogens with zero attached hydrogens (tertiary/aromatic N) is 2. The van der Waals surface area contributed by atoms with Crippen molar-refractivity contribution in [3.05, 3.63) is 53.7 Å². The predicted octanol–water partition coefficient (Wildman–Crippen LogP) is 5.13. The second kappa shape index (κ2) is 7.59. The van der Waals surface area contributed by atoms with Crippen LogP contribution in [-0.2, 0) is 4.79 Å². The van der Waals surface area contributed by atoms with Gasteiger partial charge in [-0.25, -0.2) is 4.98 Å². The summed E-state index contributed by atoms with van der Waals surface area (Å²) in [4.78, 5) is 42.2. The molecule has 1 saturated heterocycles. The molecule has 1 fully saturated rings. The Labute approximate surface area is 169 Å². The van der Waals surface area contributed by atoms with Crippen LogP contribution >= 0.6 is 62.2 Å². The number of benzene rings is 1. The third kappa shape index (κ3) is 4.15. The molecule has 2 aromatic rings. The van der Waals surface area contributed by atoms with Crippen molar-refractivity contribution in [2.24, 2.45) is 0 Å². The SMILES string of the molecule is O=C(CN1C(=O)S/C(=C\c2sc(Cl)nc2Cl)C1=O)c1ccc(Br)cc1. The summed E-state index contributed by atoms with van der Waals surface area (Å²) in [6.45, 7) is -0.319. The second-order valence-electron chi connectivity index (χ2n) is 4.82. The average Bonchev–Trinajstić information content (AvgIpc) is 3.01. The van der Waals surface area contributed by atoms with Crippen molar-refractivity contribution in [1.82, 2.24) is 9.88 Å². The fourth-order valence-corrected chi connectivity index (χ4v) is 4.47. The molecule has 0 spiro atoms. The van der Waals surface area contributed by atoms with E-state index in [2.05, 4.69) is 20.9 Å². The number of carbonyl (C=O) groups excluding carboxylic acids is 3. The van der Waals surface area contributed by atoms with Gasteiger partial charge in [-0.05, 0) is 30.0 Å². The van der Waals surface area contributed by atoms with Gasteiger partial charge < -0.3 is 0 Å². The molecular weight excluding hydrogens is 471 g/mol. The standard InChI is InChI=1S/C15H7BrCl2N2O3S2/c16-8-3-1-7(2-4-8)9(21)6-20-13(22)11(25-15(20)23)5-10-12(17)19-14(18)24-10/h1-5H,6H2/b11-5-.